The van der Waals surface area contributed by atoms with Crippen molar-refractivity contribution in [3.05, 3.63) is 34.4 Å². The number of benzene rings is 1. The largest absolute Gasteiger partial charge is 0.352 e. The van der Waals surface area contributed by atoms with E-state index in [9.17, 15) is 23.3 Å². The van der Waals surface area contributed by atoms with Gasteiger partial charge in [0, 0.05) is 30.8 Å². The van der Waals surface area contributed by atoms with Crippen LogP contribution in [0.25, 0.3) is 0 Å². The molecule has 0 aromatic heterocycles. The van der Waals surface area contributed by atoms with E-state index < -0.39 is 21.0 Å². The Hall–Kier alpha value is -2.04. The molecule has 1 aromatic carbocycles. The fourth-order valence-corrected chi connectivity index (χ4v) is 5.44. The second-order valence-electron chi connectivity index (χ2n) is 7.11. The molecule has 2 aliphatic heterocycles. The number of non-ortho nitro benzene ring substituents is 1. The van der Waals surface area contributed by atoms with Crippen molar-refractivity contribution in [1.29, 1.82) is 0 Å². The standard InChI is InChI=1S/C17H24N4O5S/c1-12-10-13(7-8-18-12)19-17(22)16-6-3-9-20(16)27(25,26)15-5-2-4-14(11-15)21(23)24/h2,4-5,11-13,16,18H,3,6-10H2,1H3,(H,19,22). The van der Waals surface area contributed by atoms with E-state index >= 15 is 0 Å². The lowest BCUT2D eigenvalue weighted by Crippen LogP contribution is -2.52. The van der Waals surface area contributed by atoms with E-state index in [1.54, 1.807) is 0 Å². The Labute approximate surface area is 158 Å². The van der Waals surface area contributed by atoms with Gasteiger partial charge in [0.25, 0.3) is 5.69 Å². The number of piperidine rings is 1. The zero-order chi connectivity index (χ0) is 19.6. The quantitative estimate of drug-likeness (QED) is 0.566. The summed E-state index contributed by atoms with van der Waals surface area (Å²) in [6.45, 7) is 3.09. The molecular weight excluding hydrogens is 372 g/mol. The number of rotatable bonds is 5. The Morgan fingerprint density at radius 1 is 1.37 bits per heavy atom. The fraction of sp³-hybridized carbons (Fsp3) is 0.588. The minimum Gasteiger partial charge on any atom is -0.352 e. The van der Waals surface area contributed by atoms with Crippen LogP contribution in [0.15, 0.2) is 29.2 Å². The topological polar surface area (TPSA) is 122 Å². The molecule has 0 saturated carbocycles. The first-order chi connectivity index (χ1) is 12.8. The predicted molar refractivity (Wildman–Crippen MR) is 98.6 cm³/mol. The molecule has 3 rings (SSSR count). The van der Waals surface area contributed by atoms with Crippen molar-refractivity contribution < 1.29 is 18.1 Å². The summed E-state index contributed by atoms with van der Waals surface area (Å²) in [6.07, 6.45) is 2.63. The van der Waals surface area contributed by atoms with Crippen LogP contribution in [0, 0.1) is 10.1 Å². The van der Waals surface area contributed by atoms with Gasteiger partial charge in [-0.1, -0.05) is 6.07 Å². The van der Waals surface area contributed by atoms with Gasteiger partial charge >= 0.3 is 0 Å². The first kappa shape index (κ1) is 19.7. The SMILES string of the molecule is CC1CC(NC(=O)C2CCCN2S(=O)(=O)c2cccc([N+](=O)[O-])c2)CCN1. The number of carbonyl (C=O) groups excluding carboxylic acids is 1. The van der Waals surface area contributed by atoms with Crippen molar-refractivity contribution in [2.45, 2.75) is 55.6 Å². The van der Waals surface area contributed by atoms with Gasteiger partial charge in [-0.05, 0) is 45.2 Å². The van der Waals surface area contributed by atoms with Crippen LogP contribution in [0.5, 0.6) is 0 Å². The molecule has 1 amide bonds. The summed E-state index contributed by atoms with van der Waals surface area (Å²) >= 11 is 0. The molecule has 2 aliphatic rings. The average molecular weight is 396 g/mol. The highest BCUT2D eigenvalue weighted by Gasteiger charge is 2.40. The average Bonchev–Trinajstić information content (AvgIpc) is 3.12. The number of nitro benzene ring substituents is 1. The molecule has 10 heteroatoms. The summed E-state index contributed by atoms with van der Waals surface area (Å²) in [5.41, 5.74) is -0.292. The highest BCUT2D eigenvalue weighted by Crippen LogP contribution is 2.28. The van der Waals surface area contributed by atoms with Gasteiger partial charge in [0.05, 0.1) is 9.82 Å². The molecule has 9 nitrogen and oxygen atoms in total. The Bertz CT molecular complexity index is 828. The number of nitrogens with one attached hydrogen (secondary N) is 2. The monoisotopic (exact) mass is 396 g/mol. The lowest BCUT2D eigenvalue weighted by atomic mass is 10.0. The maximum Gasteiger partial charge on any atom is 0.270 e. The number of sulfonamides is 1. The minimum atomic E-state index is -3.98. The van der Waals surface area contributed by atoms with E-state index in [0.717, 1.165) is 25.5 Å². The van der Waals surface area contributed by atoms with E-state index in [-0.39, 0.29) is 29.1 Å². The van der Waals surface area contributed by atoms with Crippen LogP contribution in [0.2, 0.25) is 0 Å². The van der Waals surface area contributed by atoms with Crippen molar-refractivity contribution in [2.24, 2.45) is 0 Å². The van der Waals surface area contributed by atoms with Crippen LogP contribution in [-0.4, -0.2) is 54.8 Å². The Morgan fingerprint density at radius 2 is 2.15 bits per heavy atom. The van der Waals surface area contributed by atoms with Gasteiger partial charge in [0.15, 0.2) is 0 Å². The van der Waals surface area contributed by atoms with Crippen LogP contribution >= 0.6 is 0 Å². The minimum absolute atomic E-state index is 0.0247. The number of amides is 1. The van der Waals surface area contributed by atoms with Crippen molar-refractivity contribution in [3.63, 3.8) is 0 Å². The summed E-state index contributed by atoms with van der Waals surface area (Å²) in [6, 6.07) is 4.49. The third-order valence-corrected chi connectivity index (χ3v) is 7.02. The van der Waals surface area contributed by atoms with E-state index in [1.807, 2.05) is 6.92 Å². The highest BCUT2D eigenvalue weighted by molar-refractivity contribution is 7.89. The third kappa shape index (κ3) is 4.28. The molecule has 148 valence electrons. The van der Waals surface area contributed by atoms with Gasteiger partial charge in [-0.15, -0.1) is 0 Å². The number of carbonyl (C=O) groups is 1. The number of nitro groups is 1. The summed E-state index contributed by atoms with van der Waals surface area (Å²) in [4.78, 5) is 22.9. The molecule has 0 spiro atoms. The molecule has 2 heterocycles. The number of hydrogen-bond acceptors (Lipinski definition) is 6. The van der Waals surface area contributed by atoms with Gasteiger partial charge < -0.3 is 10.6 Å². The molecule has 2 saturated heterocycles. The first-order valence-electron chi connectivity index (χ1n) is 9.09. The van der Waals surface area contributed by atoms with Gasteiger partial charge in [0.1, 0.15) is 6.04 Å². The van der Waals surface area contributed by atoms with E-state index in [4.69, 9.17) is 0 Å². The van der Waals surface area contributed by atoms with E-state index in [2.05, 4.69) is 10.6 Å². The van der Waals surface area contributed by atoms with Crippen LogP contribution in [-0.2, 0) is 14.8 Å². The molecule has 0 bridgehead atoms. The molecule has 2 N–H and O–H groups in total. The summed E-state index contributed by atoms with van der Waals surface area (Å²) in [7, 11) is -3.98. The summed E-state index contributed by atoms with van der Waals surface area (Å²) in [5.74, 6) is -0.291. The molecule has 0 aliphatic carbocycles. The molecule has 0 radical (unpaired) electrons. The smallest absolute Gasteiger partial charge is 0.270 e. The van der Waals surface area contributed by atoms with Gasteiger partial charge in [-0.3, -0.25) is 14.9 Å². The Morgan fingerprint density at radius 3 is 2.85 bits per heavy atom. The van der Waals surface area contributed by atoms with Crippen LogP contribution in [0.3, 0.4) is 0 Å². The van der Waals surface area contributed by atoms with Gasteiger partial charge in [0.2, 0.25) is 15.9 Å². The van der Waals surface area contributed by atoms with E-state index in [1.165, 1.54) is 22.5 Å². The second-order valence-corrected chi connectivity index (χ2v) is 9.00. The molecule has 1 aromatic rings. The van der Waals surface area contributed by atoms with Crippen LogP contribution < -0.4 is 10.6 Å². The Balaban J connectivity index is 1.77. The van der Waals surface area contributed by atoms with Crippen molar-refractivity contribution in [2.75, 3.05) is 13.1 Å². The molecule has 2 fully saturated rings. The van der Waals surface area contributed by atoms with Crippen LogP contribution in [0.4, 0.5) is 5.69 Å². The third-order valence-electron chi connectivity index (χ3n) is 5.11. The van der Waals surface area contributed by atoms with Crippen LogP contribution in [0.1, 0.15) is 32.6 Å². The molecular formula is C17H24N4O5S. The number of hydrogen-bond donors (Lipinski definition) is 2. The van der Waals surface area contributed by atoms with Crippen molar-refractivity contribution in [3.8, 4) is 0 Å². The van der Waals surface area contributed by atoms with Crippen molar-refractivity contribution >= 4 is 21.6 Å². The lowest BCUT2D eigenvalue weighted by Gasteiger charge is -2.31. The fourth-order valence-electron chi connectivity index (χ4n) is 3.74. The first-order valence-corrected chi connectivity index (χ1v) is 10.5. The van der Waals surface area contributed by atoms with Crippen molar-refractivity contribution in [1.82, 2.24) is 14.9 Å². The normalized spacial score (nSPS) is 26.6. The number of nitrogens with zero attached hydrogens (tertiary/aromatic N) is 2. The second kappa shape index (κ2) is 7.91. The van der Waals surface area contributed by atoms with Gasteiger partial charge in [-0.2, -0.15) is 4.31 Å². The zero-order valence-corrected chi connectivity index (χ0v) is 15.9. The predicted octanol–water partition coefficient (Wildman–Crippen LogP) is 1.00. The molecule has 3 atom stereocenters. The highest BCUT2D eigenvalue weighted by atomic mass is 32.2. The lowest BCUT2D eigenvalue weighted by molar-refractivity contribution is -0.385. The maximum atomic E-state index is 13.0. The summed E-state index contributed by atoms with van der Waals surface area (Å²) < 4.78 is 27.1. The maximum absolute atomic E-state index is 13.0. The zero-order valence-electron chi connectivity index (χ0n) is 15.1. The van der Waals surface area contributed by atoms with Gasteiger partial charge in [-0.25, -0.2) is 8.42 Å². The molecule has 3 unspecified atom stereocenters. The Kier molecular flexibility index (Phi) is 5.78. The van der Waals surface area contributed by atoms with E-state index in [0.29, 0.717) is 18.9 Å². The summed E-state index contributed by atoms with van der Waals surface area (Å²) in [5, 5.41) is 17.2. The molecule has 27 heavy (non-hydrogen) atoms.